The average molecular weight is 618 g/mol. The Morgan fingerprint density at radius 3 is 2.50 bits per heavy atom. The molecule has 0 saturated carbocycles. The molecule has 2 fully saturated rings. The maximum atomic E-state index is 15.3. The molecule has 0 bridgehead atoms. The SMILES string of the molecule is CC(C)(C)[C@H](c1nc(-c2cc(F)ccc2F)nn1Cc1cccc(F)c1)N(CC1CN(C(=O)O)CC1F)C(=O)[C@@H]1CCCO1. The van der Waals surface area contributed by atoms with Crippen LogP contribution >= 0.6 is 0 Å². The normalized spacial score (nSPS) is 21.1. The first kappa shape index (κ1) is 31.4. The van der Waals surface area contributed by atoms with Crippen LogP contribution < -0.4 is 0 Å². The van der Waals surface area contributed by atoms with Crippen molar-refractivity contribution in [2.75, 3.05) is 26.2 Å². The van der Waals surface area contributed by atoms with Gasteiger partial charge in [-0.15, -0.1) is 0 Å². The molecule has 1 aromatic heterocycles. The van der Waals surface area contributed by atoms with Gasteiger partial charge in [-0.25, -0.2) is 32.0 Å². The summed E-state index contributed by atoms with van der Waals surface area (Å²) in [4.78, 5) is 32.9. The van der Waals surface area contributed by atoms with E-state index in [-0.39, 0.29) is 43.4 Å². The number of aromatic nitrogens is 3. The maximum Gasteiger partial charge on any atom is 0.407 e. The fourth-order valence-corrected chi connectivity index (χ4v) is 5.95. The molecule has 3 heterocycles. The van der Waals surface area contributed by atoms with Gasteiger partial charge in [0.1, 0.15) is 29.7 Å². The number of ether oxygens (including phenoxy) is 1. The number of amides is 2. The van der Waals surface area contributed by atoms with Crippen molar-refractivity contribution in [1.82, 2.24) is 24.6 Å². The molecular formula is C31H35F4N5O4. The number of halogens is 4. The van der Waals surface area contributed by atoms with Crippen molar-refractivity contribution in [3.63, 3.8) is 0 Å². The predicted octanol–water partition coefficient (Wildman–Crippen LogP) is 5.45. The van der Waals surface area contributed by atoms with E-state index in [9.17, 15) is 27.9 Å². The van der Waals surface area contributed by atoms with Crippen molar-refractivity contribution < 1.29 is 37.0 Å². The van der Waals surface area contributed by atoms with Crippen molar-refractivity contribution in [3.8, 4) is 11.4 Å². The molecule has 3 aromatic rings. The number of likely N-dealkylation sites (tertiary alicyclic amines) is 1. The lowest BCUT2D eigenvalue weighted by atomic mass is 9.83. The number of carbonyl (C=O) groups excluding carboxylic acids is 1. The molecule has 2 saturated heterocycles. The summed E-state index contributed by atoms with van der Waals surface area (Å²) in [7, 11) is 0. The number of benzene rings is 2. The third-order valence-electron chi connectivity index (χ3n) is 8.02. The van der Waals surface area contributed by atoms with Crippen LogP contribution in [0.15, 0.2) is 42.5 Å². The van der Waals surface area contributed by atoms with E-state index in [1.54, 1.807) is 6.07 Å². The van der Waals surface area contributed by atoms with Gasteiger partial charge in [0.05, 0.1) is 24.7 Å². The molecule has 0 spiro atoms. The lowest BCUT2D eigenvalue weighted by Gasteiger charge is -2.41. The van der Waals surface area contributed by atoms with Crippen LogP contribution in [0.3, 0.4) is 0 Å². The van der Waals surface area contributed by atoms with Gasteiger partial charge in [0.2, 0.25) is 0 Å². The fraction of sp³-hybridized carbons (Fsp3) is 0.484. The van der Waals surface area contributed by atoms with E-state index >= 15 is 4.39 Å². The molecule has 2 unspecified atom stereocenters. The van der Waals surface area contributed by atoms with Crippen LogP contribution in [0.1, 0.15) is 51.0 Å². The number of nitrogens with zero attached hydrogens (tertiary/aromatic N) is 5. The summed E-state index contributed by atoms with van der Waals surface area (Å²) in [6, 6.07) is 7.78. The zero-order valence-electron chi connectivity index (χ0n) is 24.7. The van der Waals surface area contributed by atoms with Gasteiger partial charge in [-0.05, 0) is 54.2 Å². The highest BCUT2D eigenvalue weighted by Crippen LogP contribution is 2.41. The summed E-state index contributed by atoms with van der Waals surface area (Å²) in [5.74, 6) is -3.15. The number of carbonyl (C=O) groups is 2. The minimum atomic E-state index is -1.52. The van der Waals surface area contributed by atoms with Gasteiger partial charge in [-0.2, -0.15) is 5.10 Å². The number of alkyl halides is 1. The van der Waals surface area contributed by atoms with E-state index in [0.29, 0.717) is 25.0 Å². The average Bonchev–Trinajstić information content (AvgIpc) is 3.70. The summed E-state index contributed by atoms with van der Waals surface area (Å²) < 4.78 is 65.7. The van der Waals surface area contributed by atoms with Gasteiger partial charge < -0.3 is 19.6 Å². The van der Waals surface area contributed by atoms with Crippen molar-refractivity contribution in [1.29, 1.82) is 0 Å². The Bertz CT molecular complexity index is 1520. The Morgan fingerprint density at radius 2 is 1.86 bits per heavy atom. The number of hydrogen-bond acceptors (Lipinski definition) is 5. The molecule has 236 valence electrons. The largest absolute Gasteiger partial charge is 0.465 e. The van der Waals surface area contributed by atoms with Crippen LogP contribution in [0.25, 0.3) is 11.4 Å². The minimum absolute atomic E-state index is 0.0203. The monoisotopic (exact) mass is 617 g/mol. The highest BCUT2D eigenvalue weighted by atomic mass is 19.1. The molecule has 44 heavy (non-hydrogen) atoms. The highest BCUT2D eigenvalue weighted by molar-refractivity contribution is 5.81. The Kier molecular flexibility index (Phi) is 8.96. The zero-order valence-corrected chi connectivity index (χ0v) is 24.7. The molecule has 2 aliphatic heterocycles. The Hall–Kier alpha value is -4.00. The first-order chi connectivity index (χ1) is 20.8. The molecule has 0 aliphatic carbocycles. The summed E-state index contributed by atoms with van der Waals surface area (Å²) >= 11 is 0. The standard InChI is InChI=1S/C31H35F4N5O4/c1-31(2,3)26(39(29(41)25-8-5-11-44-25)16-19-15-38(30(42)43)17-24(19)35)28-36-27(22-13-21(33)9-10-23(22)34)37-40(28)14-18-6-4-7-20(32)12-18/h4,6-7,9-10,12-13,19,24-26H,5,8,11,14-17H2,1-3H3,(H,42,43)/t19?,24?,25-,26-/m0/s1. The fourth-order valence-electron chi connectivity index (χ4n) is 5.95. The maximum absolute atomic E-state index is 15.3. The van der Waals surface area contributed by atoms with Gasteiger partial charge in [-0.3, -0.25) is 4.79 Å². The van der Waals surface area contributed by atoms with Crippen LogP contribution in [-0.2, 0) is 16.1 Å². The topological polar surface area (TPSA) is 101 Å². The van der Waals surface area contributed by atoms with E-state index in [1.165, 1.54) is 27.8 Å². The van der Waals surface area contributed by atoms with Crippen molar-refractivity contribution in [2.24, 2.45) is 11.3 Å². The smallest absolute Gasteiger partial charge is 0.407 e. The Labute approximate surface area is 252 Å². The van der Waals surface area contributed by atoms with Gasteiger partial charge in [-0.1, -0.05) is 32.9 Å². The second kappa shape index (κ2) is 12.5. The quantitative estimate of drug-likeness (QED) is 0.338. The molecular weight excluding hydrogens is 582 g/mol. The van der Waals surface area contributed by atoms with Crippen molar-refractivity contribution in [3.05, 3.63) is 71.3 Å². The van der Waals surface area contributed by atoms with Gasteiger partial charge in [0.15, 0.2) is 11.6 Å². The summed E-state index contributed by atoms with van der Waals surface area (Å²) in [6.07, 6.45) is -2.46. The number of carboxylic acid groups (broad SMARTS) is 1. The second-order valence-electron chi connectivity index (χ2n) is 12.4. The van der Waals surface area contributed by atoms with E-state index < -0.39 is 59.1 Å². The molecule has 2 aromatic carbocycles. The first-order valence-electron chi connectivity index (χ1n) is 14.5. The van der Waals surface area contributed by atoms with Crippen LogP contribution in [0, 0.1) is 28.8 Å². The van der Waals surface area contributed by atoms with Gasteiger partial charge in [0.25, 0.3) is 5.91 Å². The minimum Gasteiger partial charge on any atom is -0.465 e. The van der Waals surface area contributed by atoms with Crippen LogP contribution in [0.2, 0.25) is 0 Å². The summed E-state index contributed by atoms with van der Waals surface area (Å²) in [6.45, 7) is 5.33. The van der Waals surface area contributed by atoms with Crippen LogP contribution in [0.5, 0.6) is 0 Å². The number of hydrogen-bond donors (Lipinski definition) is 1. The van der Waals surface area contributed by atoms with E-state index in [4.69, 9.17) is 4.74 Å². The van der Waals surface area contributed by atoms with Gasteiger partial charge >= 0.3 is 6.09 Å². The first-order valence-corrected chi connectivity index (χ1v) is 14.5. The molecule has 4 atom stereocenters. The Balaban J connectivity index is 1.64. The lowest BCUT2D eigenvalue weighted by molar-refractivity contribution is -0.147. The summed E-state index contributed by atoms with van der Waals surface area (Å²) in [5, 5.41) is 14.0. The molecule has 9 nitrogen and oxygen atoms in total. The molecule has 0 radical (unpaired) electrons. The third-order valence-corrected chi connectivity index (χ3v) is 8.02. The number of rotatable bonds is 8. The van der Waals surface area contributed by atoms with Gasteiger partial charge in [0, 0.05) is 25.6 Å². The molecule has 1 N–H and O–H groups in total. The second-order valence-corrected chi connectivity index (χ2v) is 12.4. The van der Waals surface area contributed by atoms with Crippen LogP contribution in [0.4, 0.5) is 22.4 Å². The third kappa shape index (κ3) is 6.72. The molecule has 2 aliphatic rings. The lowest BCUT2D eigenvalue weighted by Crippen LogP contribution is -2.49. The van der Waals surface area contributed by atoms with Crippen molar-refractivity contribution >= 4 is 12.0 Å². The molecule has 13 heteroatoms. The highest BCUT2D eigenvalue weighted by Gasteiger charge is 2.45. The van der Waals surface area contributed by atoms with E-state index in [1.807, 2.05) is 20.8 Å². The van der Waals surface area contributed by atoms with E-state index in [0.717, 1.165) is 23.1 Å². The van der Waals surface area contributed by atoms with Crippen molar-refractivity contribution in [2.45, 2.75) is 58.5 Å². The van der Waals surface area contributed by atoms with Crippen LogP contribution in [-0.4, -0.2) is 80.2 Å². The Morgan fingerprint density at radius 1 is 1.11 bits per heavy atom. The molecule has 5 rings (SSSR count). The predicted molar refractivity (Wildman–Crippen MR) is 152 cm³/mol. The molecule has 2 amide bonds. The zero-order chi connectivity index (χ0) is 31.8. The van der Waals surface area contributed by atoms with E-state index in [2.05, 4.69) is 10.1 Å². The summed E-state index contributed by atoms with van der Waals surface area (Å²) in [5.41, 5.74) is -0.482.